The van der Waals surface area contributed by atoms with Crippen molar-refractivity contribution in [2.45, 2.75) is 0 Å². The van der Waals surface area contributed by atoms with Gasteiger partial charge in [0.15, 0.2) is 0 Å². The molecular weight excluding hydrogens is 419 g/mol. The number of hydrogen-bond donors (Lipinski definition) is 3. The van der Waals surface area contributed by atoms with Crippen molar-refractivity contribution >= 4 is 40.5 Å². The Balaban J connectivity index is 1.86. The Morgan fingerprint density at radius 2 is 1.87 bits per heavy atom. The van der Waals surface area contributed by atoms with Gasteiger partial charge in [0, 0.05) is 10.6 Å². The number of methoxy groups -OCH3 is 1. The monoisotopic (exact) mass is 432 g/mol. The van der Waals surface area contributed by atoms with E-state index < -0.39 is 22.3 Å². The number of anilines is 3. The topological polar surface area (TPSA) is 131 Å². The summed E-state index contributed by atoms with van der Waals surface area (Å²) in [7, 11) is 1.43. The minimum atomic E-state index is -0.717. The van der Waals surface area contributed by atoms with Crippen LogP contribution in [-0.2, 0) is 0 Å². The lowest BCUT2D eigenvalue weighted by Crippen LogP contribution is -2.30. The van der Waals surface area contributed by atoms with Crippen LogP contribution in [0.5, 0.6) is 5.75 Å². The number of halogens is 2. The molecule has 154 valence electrons. The molecule has 0 aliphatic rings. The van der Waals surface area contributed by atoms with Crippen LogP contribution in [0.25, 0.3) is 0 Å². The quantitative estimate of drug-likeness (QED) is 0.380. The highest BCUT2D eigenvalue weighted by Crippen LogP contribution is 2.35. The molecule has 0 atom stereocenters. The summed E-state index contributed by atoms with van der Waals surface area (Å²) in [5, 5.41) is 14.8. The third kappa shape index (κ3) is 4.70. The molecule has 0 aliphatic heterocycles. The lowest BCUT2D eigenvalue weighted by atomic mass is 10.2. The van der Waals surface area contributed by atoms with Gasteiger partial charge in [-0.15, -0.1) is 0 Å². The highest BCUT2D eigenvalue weighted by Gasteiger charge is 2.24. The van der Waals surface area contributed by atoms with Gasteiger partial charge in [-0.1, -0.05) is 11.6 Å². The van der Waals surface area contributed by atoms with Crippen molar-refractivity contribution in [3.63, 3.8) is 0 Å². The van der Waals surface area contributed by atoms with Gasteiger partial charge in [-0.25, -0.2) is 14.4 Å². The Bertz CT molecular complexity index is 1100. The van der Waals surface area contributed by atoms with E-state index in [9.17, 15) is 19.3 Å². The van der Waals surface area contributed by atoms with Crippen molar-refractivity contribution < 1.29 is 18.8 Å². The maximum atomic E-state index is 13.0. The van der Waals surface area contributed by atoms with E-state index in [1.165, 1.54) is 25.3 Å². The Morgan fingerprint density at radius 1 is 1.17 bits per heavy atom. The Labute approximate surface area is 174 Å². The van der Waals surface area contributed by atoms with Crippen LogP contribution >= 0.6 is 11.6 Å². The largest absolute Gasteiger partial charge is 0.495 e. The third-order valence-electron chi connectivity index (χ3n) is 3.82. The molecule has 0 spiro atoms. The van der Waals surface area contributed by atoms with E-state index in [1.54, 1.807) is 12.1 Å². The molecule has 1 aromatic heterocycles. The summed E-state index contributed by atoms with van der Waals surface area (Å²) in [6, 6.07) is 9.44. The first-order valence-electron chi connectivity index (χ1n) is 8.31. The molecule has 3 aromatic rings. The molecule has 0 saturated carbocycles. The summed E-state index contributed by atoms with van der Waals surface area (Å²) in [5.41, 5.74) is 4.62. The molecule has 12 heteroatoms. The van der Waals surface area contributed by atoms with E-state index >= 15 is 0 Å². The van der Waals surface area contributed by atoms with Gasteiger partial charge in [0.1, 0.15) is 17.9 Å². The predicted molar refractivity (Wildman–Crippen MR) is 107 cm³/mol. The lowest BCUT2D eigenvalue weighted by molar-refractivity contribution is -0.383. The third-order valence-corrected chi connectivity index (χ3v) is 4.06. The van der Waals surface area contributed by atoms with Gasteiger partial charge in [0.2, 0.25) is 11.6 Å². The van der Waals surface area contributed by atoms with Crippen molar-refractivity contribution in [2.24, 2.45) is 0 Å². The van der Waals surface area contributed by atoms with Crippen molar-refractivity contribution in [1.82, 2.24) is 15.4 Å². The molecule has 2 aromatic carbocycles. The Morgan fingerprint density at radius 3 is 2.53 bits per heavy atom. The Hall–Kier alpha value is -3.99. The van der Waals surface area contributed by atoms with Crippen LogP contribution < -0.4 is 20.9 Å². The van der Waals surface area contributed by atoms with E-state index in [2.05, 4.69) is 26.1 Å². The molecule has 3 N–H and O–H groups in total. The average Bonchev–Trinajstić information content (AvgIpc) is 2.72. The second-order valence-electron chi connectivity index (χ2n) is 5.73. The minimum absolute atomic E-state index is 0.141. The van der Waals surface area contributed by atoms with Crippen LogP contribution in [0.4, 0.5) is 27.4 Å². The fraction of sp³-hybridized carbons (Fsp3) is 0.0556. The number of nitro groups is 1. The molecule has 3 rings (SSSR count). The number of carbonyl (C=O) groups excluding carboxylic acids is 1. The molecule has 0 unspecified atom stereocenters. The van der Waals surface area contributed by atoms with Crippen LogP contribution in [0.1, 0.15) is 10.4 Å². The maximum absolute atomic E-state index is 13.0. The smallest absolute Gasteiger partial charge is 0.355 e. The fourth-order valence-corrected chi connectivity index (χ4v) is 2.60. The molecule has 0 aliphatic carbocycles. The second-order valence-corrected chi connectivity index (χ2v) is 6.17. The number of hydrogen-bond acceptors (Lipinski definition) is 8. The zero-order chi connectivity index (χ0) is 21.7. The molecule has 0 saturated heterocycles. The summed E-state index contributed by atoms with van der Waals surface area (Å²) in [6.45, 7) is 0. The highest BCUT2D eigenvalue weighted by atomic mass is 35.5. The van der Waals surface area contributed by atoms with E-state index in [0.717, 1.165) is 18.5 Å². The molecule has 0 fully saturated rings. The molecule has 0 bridgehead atoms. The van der Waals surface area contributed by atoms with Gasteiger partial charge in [-0.2, -0.15) is 0 Å². The fourth-order valence-electron chi connectivity index (χ4n) is 2.43. The first kappa shape index (κ1) is 20.7. The van der Waals surface area contributed by atoms with E-state index in [-0.39, 0.29) is 17.2 Å². The summed E-state index contributed by atoms with van der Waals surface area (Å²) in [6.07, 6.45) is 1.07. The lowest BCUT2D eigenvalue weighted by Gasteiger charge is -2.13. The van der Waals surface area contributed by atoms with Gasteiger partial charge in [-0.05, 0) is 42.5 Å². The minimum Gasteiger partial charge on any atom is -0.495 e. The molecular formula is C18H14ClFN6O4. The molecule has 1 amide bonds. The van der Waals surface area contributed by atoms with Crippen molar-refractivity contribution in [1.29, 1.82) is 0 Å². The number of nitrogens with zero attached hydrogens (tertiary/aromatic N) is 3. The van der Waals surface area contributed by atoms with Gasteiger partial charge >= 0.3 is 5.69 Å². The van der Waals surface area contributed by atoms with Gasteiger partial charge in [0.05, 0.1) is 17.7 Å². The van der Waals surface area contributed by atoms with Gasteiger partial charge in [-0.3, -0.25) is 25.8 Å². The molecule has 10 nitrogen and oxygen atoms in total. The number of nitrogens with one attached hydrogen (secondary N) is 3. The van der Waals surface area contributed by atoms with Crippen LogP contribution in [-0.4, -0.2) is 27.9 Å². The van der Waals surface area contributed by atoms with Gasteiger partial charge in [0.25, 0.3) is 5.91 Å². The molecule has 1 heterocycles. The van der Waals surface area contributed by atoms with Crippen LogP contribution in [0, 0.1) is 15.9 Å². The first-order valence-corrected chi connectivity index (χ1v) is 8.68. The summed E-state index contributed by atoms with van der Waals surface area (Å²) in [5.74, 6) is -1.19. The first-order chi connectivity index (χ1) is 14.4. The van der Waals surface area contributed by atoms with Crippen molar-refractivity contribution in [2.75, 3.05) is 17.9 Å². The SMILES string of the molecule is COc1ccc(Cl)cc1Nc1ncnc(NNC(=O)c2ccc(F)cc2)c1[N+](=O)[O-]. The summed E-state index contributed by atoms with van der Waals surface area (Å²) in [4.78, 5) is 30.8. The van der Waals surface area contributed by atoms with E-state index in [0.29, 0.717) is 16.5 Å². The van der Waals surface area contributed by atoms with E-state index in [1.807, 2.05) is 0 Å². The van der Waals surface area contributed by atoms with Crippen molar-refractivity contribution in [3.05, 3.63) is 75.3 Å². The van der Waals surface area contributed by atoms with Crippen LogP contribution in [0.3, 0.4) is 0 Å². The molecule has 0 radical (unpaired) electrons. The number of benzene rings is 2. The highest BCUT2D eigenvalue weighted by molar-refractivity contribution is 6.31. The summed E-state index contributed by atoms with van der Waals surface area (Å²) < 4.78 is 18.2. The van der Waals surface area contributed by atoms with Crippen LogP contribution in [0.15, 0.2) is 48.8 Å². The Kier molecular flexibility index (Phi) is 6.23. The number of hydrazine groups is 1. The zero-order valence-corrected chi connectivity index (χ0v) is 16.1. The number of ether oxygens (including phenoxy) is 1. The predicted octanol–water partition coefficient (Wildman–Crippen LogP) is 3.69. The number of rotatable bonds is 7. The van der Waals surface area contributed by atoms with Crippen LogP contribution in [0.2, 0.25) is 5.02 Å². The zero-order valence-electron chi connectivity index (χ0n) is 15.3. The standard InChI is InChI=1S/C18H14ClFN6O4/c1-30-14-7-4-11(19)8-13(14)23-16-15(26(28)29)17(22-9-21-16)24-25-18(27)10-2-5-12(20)6-3-10/h2-9H,1H3,(H,25,27)(H2,21,22,23,24). The number of amides is 1. The maximum Gasteiger partial charge on any atom is 0.355 e. The number of carbonyl (C=O) groups is 1. The van der Waals surface area contributed by atoms with Gasteiger partial charge < -0.3 is 10.1 Å². The molecule has 30 heavy (non-hydrogen) atoms. The van der Waals surface area contributed by atoms with E-state index in [4.69, 9.17) is 16.3 Å². The second kappa shape index (κ2) is 9.01. The average molecular weight is 433 g/mol. The normalized spacial score (nSPS) is 10.2. The number of aromatic nitrogens is 2. The van der Waals surface area contributed by atoms with Crippen molar-refractivity contribution in [3.8, 4) is 5.75 Å². The summed E-state index contributed by atoms with van der Waals surface area (Å²) >= 11 is 5.98.